The van der Waals surface area contributed by atoms with Crippen molar-refractivity contribution >= 4 is 17.7 Å². The number of carbonyl (C=O) groups is 1. The second kappa shape index (κ2) is 6.95. The summed E-state index contributed by atoms with van der Waals surface area (Å²) in [5.74, 6) is 1.61. The number of amides is 1. The first kappa shape index (κ1) is 16.4. The first-order chi connectivity index (χ1) is 11.5. The van der Waals surface area contributed by atoms with Crippen molar-refractivity contribution < 1.29 is 9.21 Å². The molecule has 3 rings (SSSR count). The Hall–Kier alpha value is -2.49. The van der Waals surface area contributed by atoms with Gasteiger partial charge in [-0.3, -0.25) is 4.79 Å². The van der Waals surface area contributed by atoms with E-state index in [0.717, 1.165) is 37.7 Å². The molecule has 0 saturated carbocycles. The second-order valence-electron chi connectivity index (χ2n) is 6.31. The number of furan rings is 1. The quantitative estimate of drug-likeness (QED) is 0.810. The van der Waals surface area contributed by atoms with Crippen LogP contribution in [0.4, 0.5) is 5.69 Å². The van der Waals surface area contributed by atoms with Gasteiger partial charge in [0.15, 0.2) is 0 Å². The molecule has 126 valence electrons. The lowest BCUT2D eigenvalue weighted by atomic mass is 10.1. The summed E-state index contributed by atoms with van der Waals surface area (Å²) >= 11 is 0. The Morgan fingerprint density at radius 1 is 1.04 bits per heavy atom. The van der Waals surface area contributed by atoms with E-state index >= 15 is 0 Å². The molecule has 2 heterocycles. The molecule has 24 heavy (non-hydrogen) atoms. The van der Waals surface area contributed by atoms with Crippen LogP contribution in [0.15, 0.2) is 40.8 Å². The van der Waals surface area contributed by atoms with Crippen LogP contribution in [-0.2, 0) is 4.79 Å². The average Bonchev–Trinajstić information content (AvgIpc) is 3.01. The number of carbonyl (C=O) groups excluding carboxylic acids is 1. The zero-order valence-electron chi connectivity index (χ0n) is 14.6. The van der Waals surface area contributed by atoms with Crippen molar-refractivity contribution in [2.45, 2.75) is 20.8 Å². The number of piperazine rings is 1. The fraction of sp³-hybridized carbons (Fsp3) is 0.350. The Morgan fingerprint density at radius 3 is 2.46 bits per heavy atom. The predicted octanol–water partition coefficient (Wildman–Crippen LogP) is 3.57. The maximum atomic E-state index is 12.3. The highest BCUT2D eigenvalue weighted by atomic mass is 16.3. The number of rotatable bonds is 3. The highest BCUT2D eigenvalue weighted by molar-refractivity contribution is 5.91. The Morgan fingerprint density at radius 2 is 1.79 bits per heavy atom. The van der Waals surface area contributed by atoms with Crippen LogP contribution in [0.1, 0.15) is 22.6 Å². The summed E-state index contributed by atoms with van der Waals surface area (Å²) in [4.78, 5) is 16.6. The van der Waals surface area contributed by atoms with Crippen molar-refractivity contribution in [3.8, 4) is 0 Å². The van der Waals surface area contributed by atoms with Gasteiger partial charge >= 0.3 is 0 Å². The van der Waals surface area contributed by atoms with Gasteiger partial charge in [0, 0.05) is 37.9 Å². The Labute approximate surface area is 143 Å². The van der Waals surface area contributed by atoms with E-state index < -0.39 is 0 Å². The van der Waals surface area contributed by atoms with Gasteiger partial charge in [-0.25, -0.2) is 0 Å². The lowest BCUT2D eigenvalue weighted by Gasteiger charge is -2.36. The zero-order chi connectivity index (χ0) is 17.1. The van der Waals surface area contributed by atoms with E-state index in [1.807, 2.05) is 24.0 Å². The van der Waals surface area contributed by atoms with Gasteiger partial charge in [0.1, 0.15) is 11.5 Å². The van der Waals surface area contributed by atoms with E-state index in [2.05, 4.69) is 36.9 Å². The van der Waals surface area contributed by atoms with Crippen LogP contribution >= 0.6 is 0 Å². The Kier molecular flexibility index (Phi) is 4.74. The number of benzene rings is 1. The van der Waals surface area contributed by atoms with Crippen LogP contribution in [-0.4, -0.2) is 37.0 Å². The number of hydrogen-bond acceptors (Lipinski definition) is 3. The minimum absolute atomic E-state index is 0.0460. The fourth-order valence-corrected chi connectivity index (χ4v) is 3.05. The summed E-state index contributed by atoms with van der Waals surface area (Å²) < 4.78 is 5.45. The van der Waals surface area contributed by atoms with E-state index in [-0.39, 0.29) is 5.91 Å². The largest absolute Gasteiger partial charge is 0.462 e. The molecule has 0 unspecified atom stereocenters. The SMILES string of the molecule is Cc1ccc(/C=C/C(=O)N2CCN(c3cccc(C)c3C)CC2)o1. The smallest absolute Gasteiger partial charge is 0.246 e. The molecule has 4 heteroatoms. The third-order valence-electron chi connectivity index (χ3n) is 4.66. The Balaban J connectivity index is 1.59. The van der Waals surface area contributed by atoms with E-state index in [1.165, 1.54) is 16.8 Å². The maximum Gasteiger partial charge on any atom is 0.246 e. The third-order valence-corrected chi connectivity index (χ3v) is 4.66. The number of nitrogens with zero attached hydrogens (tertiary/aromatic N) is 2. The fourth-order valence-electron chi connectivity index (χ4n) is 3.05. The molecule has 0 atom stereocenters. The van der Waals surface area contributed by atoms with E-state index in [4.69, 9.17) is 4.42 Å². The molecule has 2 aromatic rings. The summed E-state index contributed by atoms with van der Waals surface area (Å²) in [5.41, 5.74) is 3.91. The Bertz CT molecular complexity index is 753. The number of aryl methyl sites for hydroxylation is 2. The van der Waals surface area contributed by atoms with Crippen LogP contribution in [0.3, 0.4) is 0 Å². The minimum Gasteiger partial charge on any atom is -0.462 e. The van der Waals surface area contributed by atoms with Crippen LogP contribution in [0.5, 0.6) is 0 Å². The van der Waals surface area contributed by atoms with E-state index in [9.17, 15) is 4.79 Å². The van der Waals surface area contributed by atoms with Crippen molar-refractivity contribution in [3.63, 3.8) is 0 Å². The topological polar surface area (TPSA) is 36.7 Å². The van der Waals surface area contributed by atoms with Crippen molar-refractivity contribution in [2.75, 3.05) is 31.1 Å². The van der Waals surface area contributed by atoms with Crippen LogP contribution in [0.25, 0.3) is 6.08 Å². The molecule has 1 aliphatic rings. The standard InChI is InChI=1S/C20H24N2O2/c1-15-5-4-6-19(17(15)3)21-11-13-22(14-12-21)20(23)10-9-18-8-7-16(2)24-18/h4-10H,11-14H2,1-3H3/b10-9+. The van der Waals surface area contributed by atoms with Gasteiger partial charge in [0.2, 0.25) is 5.91 Å². The molecule has 1 amide bonds. The normalized spacial score (nSPS) is 15.3. The minimum atomic E-state index is 0.0460. The summed E-state index contributed by atoms with van der Waals surface area (Å²) in [6, 6.07) is 10.2. The molecule has 0 N–H and O–H groups in total. The molecule has 1 fully saturated rings. The van der Waals surface area contributed by atoms with Crippen molar-refractivity contribution in [3.05, 3.63) is 59.1 Å². The van der Waals surface area contributed by atoms with Gasteiger partial charge in [-0.2, -0.15) is 0 Å². The average molecular weight is 324 g/mol. The summed E-state index contributed by atoms with van der Waals surface area (Å²) in [6.07, 6.45) is 3.35. The molecular formula is C20H24N2O2. The van der Waals surface area contributed by atoms with Gasteiger partial charge < -0.3 is 14.2 Å². The molecule has 1 saturated heterocycles. The highest BCUT2D eigenvalue weighted by Crippen LogP contribution is 2.23. The van der Waals surface area contributed by atoms with Gasteiger partial charge in [-0.1, -0.05) is 12.1 Å². The van der Waals surface area contributed by atoms with Crippen molar-refractivity contribution in [1.29, 1.82) is 0 Å². The molecule has 1 aromatic carbocycles. The first-order valence-corrected chi connectivity index (χ1v) is 8.39. The van der Waals surface area contributed by atoms with E-state index in [1.54, 1.807) is 12.2 Å². The number of hydrogen-bond donors (Lipinski definition) is 0. The second-order valence-corrected chi connectivity index (χ2v) is 6.31. The maximum absolute atomic E-state index is 12.3. The predicted molar refractivity (Wildman–Crippen MR) is 97.2 cm³/mol. The molecule has 0 bridgehead atoms. The first-order valence-electron chi connectivity index (χ1n) is 8.39. The van der Waals surface area contributed by atoms with Crippen LogP contribution in [0.2, 0.25) is 0 Å². The van der Waals surface area contributed by atoms with Crippen LogP contribution in [0, 0.1) is 20.8 Å². The number of anilines is 1. The molecule has 1 aromatic heterocycles. The van der Waals surface area contributed by atoms with Crippen LogP contribution < -0.4 is 4.90 Å². The monoisotopic (exact) mass is 324 g/mol. The highest BCUT2D eigenvalue weighted by Gasteiger charge is 2.21. The van der Waals surface area contributed by atoms with Gasteiger partial charge in [-0.15, -0.1) is 0 Å². The lowest BCUT2D eigenvalue weighted by Crippen LogP contribution is -2.48. The molecule has 1 aliphatic heterocycles. The van der Waals surface area contributed by atoms with E-state index in [0.29, 0.717) is 0 Å². The molecule has 0 aliphatic carbocycles. The molecule has 0 spiro atoms. The molecular weight excluding hydrogens is 300 g/mol. The van der Waals surface area contributed by atoms with Crippen molar-refractivity contribution in [1.82, 2.24) is 4.90 Å². The summed E-state index contributed by atoms with van der Waals surface area (Å²) in [5, 5.41) is 0. The lowest BCUT2D eigenvalue weighted by molar-refractivity contribution is -0.126. The molecule has 0 radical (unpaired) electrons. The van der Waals surface area contributed by atoms with Crippen molar-refractivity contribution in [2.24, 2.45) is 0 Å². The van der Waals surface area contributed by atoms with Gasteiger partial charge in [-0.05, 0) is 56.2 Å². The van der Waals surface area contributed by atoms with Gasteiger partial charge in [0.25, 0.3) is 0 Å². The molecule has 4 nitrogen and oxygen atoms in total. The zero-order valence-corrected chi connectivity index (χ0v) is 14.6. The third kappa shape index (κ3) is 3.53. The van der Waals surface area contributed by atoms with Gasteiger partial charge in [0.05, 0.1) is 0 Å². The summed E-state index contributed by atoms with van der Waals surface area (Å²) in [6.45, 7) is 9.41. The summed E-state index contributed by atoms with van der Waals surface area (Å²) in [7, 11) is 0.